The summed E-state index contributed by atoms with van der Waals surface area (Å²) in [6.45, 7) is 3.06. The van der Waals surface area contributed by atoms with E-state index >= 15 is 0 Å². The summed E-state index contributed by atoms with van der Waals surface area (Å²) < 4.78 is 4.78. The van der Waals surface area contributed by atoms with Crippen LogP contribution in [0.25, 0.3) is 0 Å². The maximum atomic E-state index is 8.61. The van der Waals surface area contributed by atoms with E-state index in [0.717, 1.165) is 0 Å². The molecule has 0 amide bonds. The van der Waals surface area contributed by atoms with Crippen LogP contribution in [0.3, 0.4) is 0 Å². The predicted molar refractivity (Wildman–Crippen MR) is 32.4 cm³/mol. The van der Waals surface area contributed by atoms with Crippen molar-refractivity contribution in [3.8, 4) is 0 Å². The van der Waals surface area contributed by atoms with Gasteiger partial charge in [-0.3, -0.25) is 5.32 Å². The van der Waals surface area contributed by atoms with Gasteiger partial charge in [0, 0.05) is 0 Å². The van der Waals surface area contributed by atoms with Gasteiger partial charge in [-0.15, -0.1) is 0 Å². The molecule has 0 saturated heterocycles. The van der Waals surface area contributed by atoms with E-state index in [-0.39, 0.29) is 13.0 Å². The van der Waals surface area contributed by atoms with Gasteiger partial charge in [-0.25, -0.2) is 0 Å². The van der Waals surface area contributed by atoms with Gasteiger partial charge in [-0.2, -0.15) is 0 Å². The molecule has 0 saturated carbocycles. The van der Waals surface area contributed by atoms with Gasteiger partial charge in [-0.05, 0) is 13.8 Å². The highest BCUT2D eigenvalue weighted by Crippen LogP contribution is 1.89. The number of aliphatic hydroxyl groups is 2. The second-order valence-electron chi connectivity index (χ2n) is 1.74. The summed E-state index contributed by atoms with van der Waals surface area (Å²) in [6.07, 6.45) is -1.10. The predicted octanol–water partition coefficient (Wildman–Crippen LogP) is -0.773. The summed E-state index contributed by atoms with van der Waals surface area (Å²) in [5, 5.41) is 19.4. The van der Waals surface area contributed by atoms with Crippen LogP contribution in [0.4, 0.5) is 0 Å². The molecule has 0 aromatic heterocycles. The molecule has 0 aliphatic heterocycles. The monoisotopic (exact) mass is 135 g/mol. The third kappa shape index (κ3) is 5.72. The average molecular weight is 135 g/mol. The lowest BCUT2D eigenvalue weighted by Crippen LogP contribution is -2.32. The van der Waals surface area contributed by atoms with Crippen molar-refractivity contribution in [2.75, 3.05) is 6.73 Å². The Hall–Kier alpha value is -0.160. The Labute approximate surface area is 54.5 Å². The quantitative estimate of drug-likeness (QED) is 0.443. The number of nitrogens with one attached hydrogen (secondary N) is 1. The van der Waals surface area contributed by atoms with Gasteiger partial charge in [0.1, 0.15) is 6.23 Å². The molecule has 4 nitrogen and oxygen atoms in total. The highest BCUT2D eigenvalue weighted by Gasteiger charge is 2.01. The molecule has 2 unspecified atom stereocenters. The van der Waals surface area contributed by atoms with Crippen LogP contribution in [-0.2, 0) is 4.74 Å². The van der Waals surface area contributed by atoms with Crippen molar-refractivity contribution in [2.24, 2.45) is 0 Å². The van der Waals surface area contributed by atoms with Gasteiger partial charge in [0.15, 0.2) is 6.29 Å². The molecule has 9 heavy (non-hydrogen) atoms. The smallest absolute Gasteiger partial charge is 0.153 e. The Morgan fingerprint density at radius 3 is 2.44 bits per heavy atom. The van der Waals surface area contributed by atoms with Crippen LogP contribution >= 0.6 is 0 Å². The highest BCUT2D eigenvalue weighted by atomic mass is 16.6. The van der Waals surface area contributed by atoms with E-state index in [1.807, 2.05) is 0 Å². The fraction of sp³-hybridized carbons (Fsp3) is 1.00. The molecule has 0 aliphatic carbocycles. The number of aliphatic hydroxyl groups excluding tert-OH is 2. The molecule has 0 fully saturated rings. The van der Waals surface area contributed by atoms with Crippen molar-refractivity contribution >= 4 is 0 Å². The summed E-state index contributed by atoms with van der Waals surface area (Å²) in [7, 11) is 0. The maximum absolute atomic E-state index is 8.61. The topological polar surface area (TPSA) is 61.7 Å². The molecule has 0 rings (SSSR count). The molecule has 3 N–H and O–H groups in total. The first-order valence-electron chi connectivity index (χ1n) is 2.84. The molecule has 56 valence electrons. The molecular weight excluding hydrogens is 122 g/mol. The van der Waals surface area contributed by atoms with Crippen molar-refractivity contribution in [3.05, 3.63) is 0 Å². The fourth-order valence-electron chi connectivity index (χ4n) is 0.472. The second kappa shape index (κ2) is 4.69. The first-order chi connectivity index (χ1) is 4.16. The Kier molecular flexibility index (Phi) is 4.61. The SMILES string of the molecule is CC(O)OC(C)NCO. The first kappa shape index (κ1) is 8.84. The van der Waals surface area contributed by atoms with Crippen molar-refractivity contribution in [1.29, 1.82) is 0 Å². The van der Waals surface area contributed by atoms with E-state index in [2.05, 4.69) is 5.32 Å². The van der Waals surface area contributed by atoms with Crippen LogP contribution in [0.1, 0.15) is 13.8 Å². The van der Waals surface area contributed by atoms with Crippen molar-refractivity contribution in [1.82, 2.24) is 5.32 Å². The van der Waals surface area contributed by atoms with Gasteiger partial charge >= 0.3 is 0 Å². The van der Waals surface area contributed by atoms with Crippen LogP contribution in [-0.4, -0.2) is 29.5 Å². The molecule has 2 atom stereocenters. The normalized spacial score (nSPS) is 17.3. The molecule has 0 heterocycles. The van der Waals surface area contributed by atoms with E-state index in [4.69, 9.17) is 14.9 Å². The third-order valence-corrected chi connectivity index (χ3v) is 0.780. The minimum absolute atomic E-state index is 0.145. The van der Waals surface area contributed by atoms with Gasteiger partial charge in [-0.1, -0.05) is 0 Å². The van der Waals surface area contributed by atoms with Crippen molar-refractivity contribution < 1.29 is 14.9 Å². The molecule has 0 radical (unpaired) electrons. The lowest BCUT2D eigenvalue weighted by Gasteiger charge is -2.14. The van der Waals surface area contributed by atoms with Gasteiger partial charge in [0.05, 0.1) is 6.73 Å². The van der Waals surface area contributed by atoms with E-state index in [9.17, 15) is 0 Å². The van der Waals surface area contributed by atoms with Crippen molar-refractivity contribution in [3.63, 3.8) is 0 Å². The van der Waals surface area contributed by atoms with E-state index in [0.29, 0.717) is 0 Å². The third-order valence-electron chi connectivity index (χ3n) is 0.780. The molecule has 0 aromatic carbocycles. The fourth-order valence-corrected chi connectivity index (χ4v) is 0.472. The standard InChI is InChI=1S/C5H13NO3/c1-4(6-3-7)9-5(2)8/h4-8H,3H2,1-2H3. The minimum Gasteiger partial charge on any atom is -0.381 e. The molecule has 0 aliphatic rings. The molecular formula is C5H13NO3. The molecule has 4 heteroatoms. The van der Waals surface area contributed by atoms with Crippen LogP contribution in [0, 0.1) is 0 Å². The lowest BCUT2D eigenvalue weighted by molar-refractivity contribution is -0.131. The molecule has 0 bridgehead atoms. The van der Waals surface area contributed by atoms with Crippen molar-refractivity contribution in [2.45, 2.75) is 26.4 Å². The van der Waals surface area contributed by atoms with E-state index in [1.54, 1.807) is 6.92 Å². The van der Waals surface area contributed by atoms with E-state index in [1.165, 1.54) is 6.92 Å². The maximum Gasteiger partial charge on any atom is 0.153 e. The zero-order valence-electron chi connectivity index (χ0n) is 5.66. The highest BCUT2D eigenvalue weighted by molar-refractivity contribution is 4.40. The van der Waals surface area contributed by atoms with Crippen LogP contribution < -0.4 is 5.32 Å². The number of ether oxygens (including phenoxy) is 1. The summed E-state index contributed by atoms with van der Waals surface area (Å²) in [5.41, 5.74) is 0. The largest absolute Gasteiger partial charge is 0.381 e. The summed E-state index contributed by atoms with van der Waals surface area (Å²) in [5.74, 6) is 0. The van der Waals surface area contributed by atoms with Gasteiger partial charge in [0.25, 0.3) is 0 Å². The number of rotatable bonds is 4. The Bertz CT molecular complexity index is 67.2. The lowest BCUT2D eigenvalue weighted by atomic mass is 10.6. The van der Waals surface area contributed by atoms with Gasteiger partial charge < -0.3 is 14.9 Å². The second-order valence-corrected chi connectivity index (χ2v) is 1.74. The first-order valence-corrected chi connectivity index (χ1v) is 2.84. The summed E-state index contributed by atoms with van der Waals surface area (Å²) in [6, 6.07) is 0. The number of hydrogen-bond donors (Lipinski definition) is 3. The van der Waals surface area contributed by atoms with Gasteiger partial charge in [0.2, 0.25) is 0 Å². The van der Waals surface area contributed by atoms with Crippen LogP contribution in [0.5, 0.6) is 0 Å². The number of hydrogen-bond acceptors (Lipinski definition) is 4. The van der Waals surface area contributed by atoms with Crippen LogP contribution in [0.2, 0.25) is 0 Å². The molecule has 0 spiro atoms. The van der Waals surface area contributed by atoms with E-state index < -0.39 is 6.29 Å². The molecule has 0 aromatic rings. The zero-order valence-corrected chi connectivity index (χ0v) is 5.66. The Morgan fingerprint density at radius 2 is 2.11 bits per heavy atom. The van der Waals surface area contributed by atoms with Crippen LogP contribution in [0.15, 0.2) is 0 Å². The minimum atomic E-state index is -0.793. The Balaban J connectivity index is 3.15. The zero-order chi connectivity index (χ0) is 7.28. The summed E-state index contributed by atoms with van der Waals surface area (Å²) >= 11 is 0. The average Bonchev–Trinajstić information content (AvgIpc) is 1.63. The Morgan fingerprint density at radius 1 is 1.56 bits per heavy atom. The summed E-state index contributed by atoms with van der Waals surface area (Å²) in [4.78, 5) is 0.